The zero-order chi connectivity index (χ0) is 21.0. The molecule has 8 nitrogen and oxygen atoms in total. The number of hydrogen-bond acceptors (Lipinski definition) is 5. The first kappa shape index (κ1) is 21.1. The Labute approximate surface area is 174 Å². The number of nitrogens with zero attached hydrogens (tertiary/aromatic N) is 2. The van der Waals surface area contributed by atoms with Gasteiger partial charge in [0.2, 0.25) is 0 Å². The molecule has 1 saturated heterocycles. The Morgan fingerprint density at radius 3 is 2.34 bits per heavy atom. The van der Waals surface area contributed by atoms with Gasteiger partial charge in [0.15, 0.2) is 9.84 Å². The van der Waals surface area contributed by atoms with E-state index in [1.54, 1.807) is 53.4 Å². The number of sulfone groups is 1. The van der Waals surface area contributed by atoms with Crippen molar-refractivity contribution in [3.05, 3.63) is 64.7 Å². The van der Waals surface area contributed by atoms with Crippen LogP contribution in [0.1, 0.15) is 15.9 Å². The Morgan fingerprint density at radius 2 is 1.76 bits per heavy atom. The predicted molar refractivity (Wildman–Crippen MR) is 111 cm³/mol. The summed E-state index contributed by atoms with van der Waals surface area (Å²) < 4.78 is 23.4. The fourth-order valence-electron chi connectivity index (χ4n) is 3.02. The van der Waals surface area contributed by atoms with Crippen LogP contribution in [0, 0.1) is 0 Å². The number of benzene rings is 2. The van der Waals surface area contributed by atoms with E-state index in [2.05, 4.69) is 5.43 Å². The predicted octanol–water partition coefficient (Wildman–Crippen LogP) is 1.80. The van der Waals surface area contributed by atoms with E-state index in [1.165, 1.54) is 4.90 Å². The van der Waals surface area contributed by atoms with Crippen molar-refractivity contribution < 1.29 is 18.0 Å². The standard InChI is InChI=1S/C19H21ClN4O4S/c20-16-2-1-3-17(12-16)24(19(26)23-8-10-29(27,28)11-9-23)13-14-4-6-15(7-5-14)18(25)22-21/h1-7,12H,8-11,13,21H2,(H,22,25). The second-order valence-corrected chi connectivity index (χ2v) is 9.40. The Kier molecular flexibility index (Phi) is 6.41. The summed E-state index contributed by atoms with van der Waals surface area (Å²) in [5.74, 6) is 4.63. The number of halogens is 1. The van der Waals surface area contributed by atoms with Crippen LogP contribution in [-0.4, -0.2) is 49.9 Å². The molecule has 0 aliphatic carbocycles. The lowest BCUT2D eigenvalue weighted by Gasteiger charge is -2.33. The number of nitrogens with two attached hydrogens (primary N) is 1. The van der Waals surface area contributed by atoms with Gasteiger partial charge in [0.25, 0.3) is 5.91 Å². The van der Waals surface area contributed by atoms with Gasteiger partial charge in [0.05, 0.1) is 18.1 Å². The number of rotatable bonds is 4. The van der Waals surface area contributed by atoms with Crippen LogP contribution < -0.4 is 16.2 Å². The molecule has 2 aromatic rings. The number of hydrogen-bond donors (Lipinski definition) is 2. The Balaban J connectivity index is 1.85. The molecule has 0 aromatic heterocycles. The molecule has 0 saturated carbocycles. The number of nitrogen functional groups attached to an aromatic ring is 1. The van der Waals surface area contributed by atoms with Crippen molar-refractivity contribution in [3.63, 3.8) is 0 Å². The number of nitrogens with one attached hydrogen (secondary N) is 1. The number of anilines is 1. The van der Waals surface area contributed by atoms with E-state index in [4.69, 9.17) is 17.4 Å². The fourth-order valence-corrected chi connectivity index (χ4v) is 4.40. The lowest BCUT2D eigenvalue weighted by Crippen LogP contribution is -2.49. The molecule has 3 N–H and O–H groups in total. The summed E-state index contributed by atoms with van der Waals surface area (Å²) in [7, 11) is -3.10. The molecule has 1 heterocycles. The van der Waals surface area contributed by atoms with Crippen molar-refractivity contribution in [2.24, 2.45) is 5.84 Å². The molecule has 0 radical (unpaired) electrons. The van der Waals surface area contributed by atoms with Gasteiger partial charge in [-0.15, -0.1) is 0 Å². The van der Waals surface area contributed by atoms with E-state index in [1.807, 2.05) is 0 Å². The molecular weight excluding hydrogens is 416 g/mol. The third kappa shape index (κ3) is 5.26. The molecule has 3 amide bonds. The summed E-state index contributed by atoms with van der Waals surface area (Å²) in [4.78, 5) is 27.9. The van der Waals surface area contributed by atoms with Crippen LogP contribution >= 0.6 is 11.6 Å². The summed E-state index contributed by atoms with van der Waals surface area (Å²) in [5, 5.41) is 0.483. The zero-order valence-electron chi connectivity index (χ0n) is 15.5. The molecule has 0 unspecified atom stereocenters. The van der Waals surface area contributed by atoms with Gasteiger partial charge in [-0.1, -0.05) is 29.8 Å². The number of hydrazine groups is 1. The van der Waals surface area contributed by atoms with Crippen LogP contribution in [0.3, 0.4) is 0 Å². The summed E-state index contributed by atoms with van der Waals surface area (Å²) >= 11 is 6.10. The monoisotopic (exact) mass is 436 g/mol. The Hall–Kier alpha value is -2.62. The summed E-state index contributed by atoms with van der Waals surface area (Å²) in [6.07, 6.45) is 0. The van der Waals surface area contributed by atoms with Gasteiger partial charge in [0, 0.05) is 29.4 Å². The maximum atomic E-state index is 13.2. The van der Waals surface area contributed by atoms with Crippen LogP contribution in [0.25, 0.3) is 0 Å². The summed E-state index contributed by atoms with van der Waals surface area (Å²) in [5.41, 5.74) is 3.85. The van der Waals surface area contributed by atoms with Gasteiger partial charge >= 0.3 is 6.03 Å². The van der Waals surface area contributed by atoms with E-state index in [9.17, 15) is 18.0 Å². The van der Waals surface area contributed by atoms with Crippen LogP contribution in [-0.2, 0) is 16.4 Å². The van der Waals surface area contributed by atoms with Crippen LogP contribution in [0.5, 0.6) is 0 Å². The third-order valence-electron chi connectivity index (χ3n) is 4.65. The third-order valence-corrected chi connectivity index (χ3v) is 6.50. The number of carbonyl (C=O) groups is 2. The average molecular weight is 437 g/mol. The number of amides is 3. The molecule has 154 valence electrons. The topological polar surface area (TPSA) is 113 Å². The van der Waals surface area contributed by atoms with E-state index in [-0.39, 0.29) is 37.2 Å². The van der Waals surface area contributed by atoms with Gasteiger partial charge < -0.3 is 4.90 Å². The van der Waals surface area contributed by atoms with Gasteiger partial charge in [-0.25, -0.2) is 19.1 Å². The van der Waals surface area contributed by atoms with Crippen molar-refractivity contribution in [2.75, 3.05) is 29.5 Å². The largest absolute Gasteiger partial charge is 0.324 e. The quantitative estimate of drug-likeness (QED) is 0.431. The molecule has 1 aliphatic heterocycles. The molecule has 0 spiro atoms. The molecule has 0 atom stereocenters. The minimum absolute atomic E-state index is 0.0506. The highest BCUT2D eigenvalue weighted by atomic mass is 35.5. The maximum absolute atomic E-state index is 13.2. The molecule has 29 heavy (non-hydrogen) atoms. The number of urea groups is 1. The van der Waals surface area contributed by atoms with E-state index >= 15 is 0 Å². The smallest absolute Gasteiger partial charge is 0.322 e. The van der Waals surface area contributed by atoms with Gasteiger partial charge in [0.1, 0.15) is 0 Å². The normalized spacial score (nSPS) is 15.6. The second-order valence-electron chi connectivity index (χ2n) is 6.66. The zero-order valence-corrected chi connectivity index (χ0v) is 17.1. The molecular formula is C19H21ClN4O4S. The molecule has 1 aliphatic rings. The van der Waals surface area contributed by atoms with E-state index in [0.717, 1.165) is 5.56 Å². The first-order chi connectivity index (χ1) is 13.8. The van der Waals surface area contributed by atoms with Crippen LogP contribution in [0.15, 0.2) is 48.5 Å². The molecule has 3 rings (SSSR count). The molecule has 2 aromatic carbocycles. The van der Waals surface area contributed by atoms with Gasteiger partial charge in [-0.05, 0) is 35.9 Å². The molecule has 10 heteroatoms. The first-order valence-electron chi connectivity index (χ1n) is 8.91. The van der Waals surface area contributed by atoms with Crippen LogP contribution in [0.2, 0.25) is 5.02 Å². The SMILES string of the molecule is NNC(=O)c1ccc(CN(C(=O)N2CCS(=O)(=O)CC2)c2cccc(Cl)c2)cc1. The van der Waals surface area contributed by atoms with E-state index < -0.39 is 15.7 Å². The van der Waals surface area contributed by atoms with Crippen molar-refractivity contribution in [3.8, 4) is 0 Å². The summed E-state index contributed by atoms with van der Waals surface area (Å²) in [6.45, 7) is 0.522. The van der Waals surface area contributed by atoms with Gasteiger partial charge in [-0.2, -0.15) is 0 Å². The van der Waals surface area contributed by atoms with Crippen molar-refractivity contribution in [1.82, 2.24) is 10.3 Å². The first-order valence-corrected chi connectivity index (χ1v) is 11.1. The average Bonchev–Trinajstić information content (AvgIpc) is 2.71. The van der Waals surface area contributed by atoms with Crippen molar-refractivity contribution in [2.45, 2.75) is 6.54 Å². The highest BCUT2D eigenvalue weighted by Gasteiger charge is 2.29. The minimum atomic E-state index is -3.10. The van der Waals surface area contributed by atoms with E-state index in [0.29, 0.717) is 16.3 Å². The Bertz CT molecular complexity index is 997. The minimum Gasteiger partial charge on any atom is -0.322 e. The number of carbonyl (C=O) groups excluding carboxylic acids is 2. The van der Waals surface area contributed by atoms with Crippen LogP contribution in [0.4, 0.5) is 10.5 Å². The lowest BCUT2D eigenvalue weighted by molar-refractivity contribution is 0.0953. The summed E-state index contributed by atoms with van der Waals surface area (Å²) in [6, 6.07) is 13.3. The lowest BCUT2D eigenvalue weighted by atomic mass is 10.1. The maximum Gasteiger partial charge on any atom is 0.324 e. The molecule has 0 bridgehead atoms. The van der Waals surface area contributed by atoms with Gasteiger partial charge in [-0.3, -0.25) is 15.1 Å². The van der Waals surface area contributed by atoms with Crippen molar-refractivity contribution in [1.29, 1.82) is 0 Å². The Morgan fingerprint density at radius 1 is 1.10 bits per heavy atom. The second kappa shape index (κ2) is 8.81. The highest BCUT2D eigenvalue weighted by Crippen LogP contribution is 2.24. The van der Waals surface area contributed by atoms with Crippen molar-refractivity contribution >= 4 is 39.1 Å². The highest BCUT2D eigenvalue weighted by molar-refractivity contribution is 7.91. The fraction of sp³-hybridized carbons (Fsp3) is 0.263. The molecule has 1 fully saturated rings.